The number of aliphatic hydroxyl groups is 2. The number of hydrogen-bond donors (Lipinski definition) is 2. The Bertz CT molecular complexity index is 815. The number of esters is 2. The molecule has 0 unspecified atom stereocenters. The van der Waals surface area contributed by atoms with Crippen molar-refractivity contribution >= 4 is 17.7 Å². The molecule has 4 aliphatic carbocycles. The molecule has 0 aromatic heterocycles. The third-order valence-corrected chi connectivity index (χ3v) is 9.39. The molecule has 0 bridgehead atoms. The van der Waals surface area contributed by atoms with Gasteiger partial charge in [0, 0.05) is 11.8 Å². The second-order valence-corrected chi connectivity index (χ2v) is 11.0. The Morgan fingerprint density at radius 1 is 1.00 bits per heavy atom. The molecule has 33 heavy (non-hydrogen) atoms. The number of aliphatic hydroxyl groups excluding tert-OH is 2. The van der Waals surface area contributed by atoms with Crippen molar-refractivity contribution in [1.82, 2.24) is 0 Å². The molecule has 4 aliphatic rings. The molecule has 2 N–H and O–H groups in total. The summed E-state index contributed by atoms with van der Waals surface area (Å²) in [5, 5.41) is 18.0. The second-order valence-electron chi connectivity index (χ2n) is 11.0. The minimum Gasteiger partial charge on any atom is -0.462 e. The standard InChI is InChI=1S/C26H38O7/c1-25-11-9-17(29)13-16(25)3-4-19-20-5-6-22(26(20,2)12-10-21(19)25)33-24(31)8-7-23(30)32-18(14-27)15-28/h13,18-22,27-28H,3-12,14-15H2,1-2H3/t19-,20-,21-,22-,25-,26-/m0/s1. The summed E-state index contributed by atoms with van der Waals surface area (Å²) in [5.74, 6) is 0.982. The van der Waals surface area contributed by atoms with Crippen LogP contribution in [0.4, 0.5) is 0 Å². The molecule has 0 radical (unpaired) electrons. The summed E-state index contributed by atoms with van der Waals surface area (Å²) in [4.78, 5) is 36.4. The van der Waals surface area contributed by atoms with Crippen molar-refractivity contribution in [1.29, 1.82) is 0 Å². The fraction of sp³-hybridized carbons (Fsp3) is 0.808. The monoisotopic (exact) mass is 462 g/mol. The maximum atomic E-state index is 12.5. The summed E-state index contributed by atoms with van der Waals surface area (Å²) >= 11 is 0. The van der Waals surface area contributed by atoms with Gasteiger partial charge in [0.05, 0.1) is 26.1 Å². The Morgan fingerprint density at radius 3 is 2.45 bits per heavy atom. The van der Waals surface area contributed by atoms with Crippen molar-refractivity contribution in [2.75, 3.05) is 13.2 Å². The number of allylic oxidation sites excluding steroid dienone is 1. The molecule has 7 heteroatoms. The minimum atomic E-state index is -0.951. The van der Waals surface area contributed by atoms with Gasteiger partial charge in [-0.15, -0.1) is 0 Å². The van der Waals surface area contributed by atoms with Crippen LogP contribution in [-0.4, -0.2) is 53.4 Å². The van der Waals surface area contributed by atoms with Gasteiger partial charge in [-0.25, -0.2) is 0 Å². The molecule has 4 rings (SSSR count). The number of carbonyl (C=O) groups is 3. The zero-order chi connectivity index (χ0) is 23.8. The second kappa shape index (κ2) is 9.49. The summed E-state index contributed by atoms with van der Waals surface area (Å²) in [6.45, 7) is 3.74. The smallest absolute Gasteiger partial charge is 0.306 e. The third kappa shape index (κ3) is 4.51. The highest BCUT2D eigenvalue weighted by Crippen LogP contribution is 2.65. The molecule has 0 aliphatic heterocycles. The van der Waals surface area contributed by atoms with Crippen LogP contribution in [0.1, 0.15) is 78.1 Å². The summed E-state index contributed by atoms with van der Waals surface area (Å²) in [7, 11) is 0. The van der Waals surface area contributed by atoms with Gasteiger partial charge in [0.15, 0.2) is 5.78 Å². The fourth-order valence-electron chi connectivity index (χ4n) is 7.50. The first-order valence-corrected chi connectivity index (χ1v) is 12.6. The molecule has 0 spiro atoms. The van der Waals surface area contributed by atoms with E-state index >= 15 is 0 Å². The van der Waals surface area contributed by atoms with Gasteiger partial charge in [0.2, 0.25) is 0 Å². The molecule has 6 atom stereocenters. The molecule has 0 aromatic rings. The van der Waals surface area contributed by atoms with Crippen LogP contribution >= 0.6 is 0 Å². The maximum Gasteiger partial charge on any atom is 0.306 e. The molecule has 0 saturated heterocycles. The van der Waals surface area contributed by atoms with Gasteiger partial charge < -0.3 is 19.7 Å². The van der Waals surface area contributed by atoms with E-state index in [1.165, 1.54) is 5.57 Å². The van der Waals surface area contributed by atoms with E-state index < -0.39 is 31.3 Å². The molecule has 7 nitrogen and oxygen atoms in total. The molecule has 0 aromatic carbocycles. The van der Waals surface area contributed by atoms with Gasteiger partial charge in [-0.3, -0.25) is 14.4 Å². The number of carbonyl (C=O) groups excluding carboxylic acids is 3. The lowest BCUT2D eigenvalue weighted by Crippen LogP contribution is -2.51. The maximum absolute atomic E-state index is 12.5. The van der Waals surface area contributed by atoms with Crippen molar-refractivity contribution in [2.24, 2.45) is 28.6 Å². The van der Waals surface area contributed by atoms with Crippen molar-refractivity contribution in [3.8, 4) is 0 Å². The van der Waals surface area contributed by atoms with Crippen molar-refractivity contribution < 1.29 is 34.1 Å². The summed E-state index contributed by atoms with van der Waals surface area (Å²) in [6, 6.07) is 0. The number of ether oxygens (including phenoxy) is 2. The molecule has 3 saturated carbocycles. The van der Waals surface area contributed by atoms with Crippen LogP contribution in [0.2, 0.25) is 0 Å². The largest absolute Gasteiger partial charge is 0.462 e. The number of fused-ring (bicyclic) bond motifs is 5. The van der Waals surface area contributed by atoms with Gasteiger partial charge in [-0.2, -0.15) is 0 Å². The van der Waals surface area contributed by atoms with Crippen LogP contribution in [0, 0.1) is 28.6 Å². The lowest BCUT2D eigenvalue weighted by Gasteiger charge is -2.57. The van der Waals surface area contributed by atoms with Crippen LogP contribution in [0.15, 0.2) is 11.6 Å². The van der Waals surface area contributed by atoms with Crippen LogP contribution in [0.3, 0.4) is 0 Å². The van der Waals surface area contributed by atoms with E-state index in [-0.39, 0.29) is 35.6 Å². The summed E-state index contributed by atoms with van der Waals surface area (Å²) < 4.78 is 10.8. The van der Waals surface area contributed by atoms with Crippen LogP contribution in [0.25, 0.3) is 0 Å². The number of ketones is 1. The summed E-state index contributed by atoms with van der Waals surface area (Å²) in [6.07, 6.45) is 8.43. The Hall–Kier alpha value is -1.73. The molecule has 0 amide bonds. The minimum absolute atomic E-state index is 0.0434. The molecule has 3 fully saturated rings. The first-order valence-electron chi connectivity index (χ1n) is 12.6. The first-order chi connectivity index (χ1) is 15.7. The normalized spacial score (nSPS) is 37.6. The van der Waals surface area contributed by atoms with Gasteiger partial charge in [-0.1, -0.05) is 19.4 Å². The first kappa shape index (κ1) is 24.4. The molecule has 0 heterocycles. The topological polar surface area (TPSA) is 110 Å². The molecule has 184 valence electrons. The van der Waals surface area contributed by atoms with E-state index in [9.17, 15) is 14.4 Å². The Balaban J connectivity index is 1.36. The lowest BCUT2D eigenvalue weighted by molar-refractivity contribution is -0.164. The Labute approximate surface area is 195 Å². The lowest BCUT2D eigenvalue weighted by atomic mass is 9.47. The number of hydrogen-bond acceptors (Lipinski definition) is 7. The molecular formula is C26H38O7. The molecular weight excluding hydrogens is 424 g/mol. The quantitative estimate of drug-likeness (QED) is 0.559. The van der Waals surface area contributed by atoms with E-state index in [0.717, 1.165) is 44.9 Å². The fourth-order valence-corrected chi connectivity index (χ4v) is 7.50. The van der Waals surface area contributed by atoms with E-state index in [4.69, 9.17) is 19.7 Å². The average Bonchev–Trinajstić information content (AvgIpc) is 3.12. The van der Waals surface area contributed by atoms with Crippen molar-refractivity contribution in [3.05, 3.63) is 11.6 Å². The SMILES string of the molecule is C[C@]12CC[C@H]3[C@@H](CCC4=CC(=O)CC[C@@]43C)[C@@H]1CC[C@@H]2OC(=O)CCC(=O)OC(CO)CO. The van der Waals surface area contributed by atoms with Crippen LogP contribution in [0.5, 0.6) is 0 Å². The van der Waals surface area contributed by atoms with Gasteiger partial charge in [-0.05, 0) is 74.2 Å². The predicted molar refractivity (Wildman–Crippen MR) is 120 cm³/mol. The predicted octanol–water partition coefficient (Wildman–Crippen LogP) is 3.11. The van der Waals surface area contributed by atoms with Gasteiger partial charge >= 0.3 is 11.9 Å². The summed E-state index contributed by atoms with van der Waals surface area (Å²) in [5.41, 5.74) is 1.45. The highest BCUT2D eigenvalue weighted by atomic mass is 16.6. The van der Waals surface area contributed by atoms with Crippen molar-refractivity contribution in [3.63, 3.8) is 0 Å². The average molecular weight is 463 g/mol. The van der Waals surface area contributed by atoms with Crippen molar-refractivity contribution in [2.45, 2.75) is 90.3 Å². The number of rotatable bonds is 7. The van der Waals surface area contributed by atoms with E-state index in [2.05, 4.69) is 13.8 Å². The van der Waals surface area contributed by atoms with Crippen LogP contribution < -0.4 is 0 Å². The highest BCUT2D eigenvalue weighted by Gasteiger charge is 2.59. The van der Waals surface area contributed by atoms with Gasteiger partial charge in [0.25, 0.3) is 0 Å². The third-order valence-electron chi connectivity index (χ3n) is 9.39. The van der Waals surface area contributed by atoms with E-state index in [1.807, 2.05) is 6.08 Å². The highest BCUT2D eigenvalue weighted by molar-refractivity contribution is 5.91. The Morgan fingerprint density at radius 2 is 1.73 bits per heavy atom. The zero-order valence-corrected chi connectivity index (χ0v) is 19.9. The van der Waals surface area contributed by atoms with E-state index in [1.54, 1.807) is 0 Å². The Kier molecular flexibility index (Phi) is 7.02. The van der Waals surface area contributed by atoms with Crippen LogP contribution in [-0.2, 0) is 23.9 Å². The zero-order valence-electron chi connectivity index (χ0n) is 19.9. The van der Waals surface area contributed by atoms with E-state index in [0.29, 0.717) is 24.2 Å². The van der Waals surface area contributed by atoms with Gasteiger partial charge in [0.1, 0.15) is 12.2 Å².